The monoisotopic (exact) mass is 687 g/mol. The molecule has 6 rings (SSSR count). The number of hydrogen-bond acceptors (Lipinski definition) is 8. The van der Waals surface area contributed by atoms with Gasteiger partial charge in [-0.1, -0.05) is 32.0 Å². The molecule has 4 heterocycles. The van der Waals surface area contributed by atoms with Gasteiger partial charge in [0.25, 0.3) is 0 Å². The maximum Gasteiger partial charge on any atom is 0.354 e. The summed E-state index contributed by atoms with van der Waals surface area (Å²) in [5.41, 5.74) is -2.70. The maximum atomic E-state index is 17.4. The van der Waals surface area contributed by atoms with E-state index in [-0.39, 0.29) is 35.9 Å². The number of carbonyl (C=O) groups excluding carboxylic acids is 1. The normalized spacial score (nSPS) is 18.7. The third-order valence-electron chi connectivity index (χ3n) is 8.64. The van der Waals surface area contributed by atoms with Crippen LogP contribution >= 0.6 is 11.6 Å². The standard InChI is InChI=1S/C32H29ClF3N5O5S/c1-6-20(43)39-11-16(5)40-17(12-39)13-47(45,46)30-23-29(26(36)22(24(30)33)21-19(42)8-7-18(34)25(21)35)41(32(44)38-31(23)40)28-15(4)9-10-37-27(28)14(2)3/h6-10,14,16-17,42H,1,11-13H2,2-5H3. The van der Waals surface area contributed by atoms with Crippen LogP contribution in [-0.4, -0.2) is 69.8 Å². The van der Waals surface area contributed by atoms with Gasteiger partial charge in [-0.05, 0) is 49.6 Å². The molecule has 47 heavy (non-hydrogen) atoms. The van der Waals surface area contributed by atoms with Crippen LogP contribution in [0.4, 0.5) is 19.0 Å². The molecule has 0 spiro atoms. The number of carbonyl (C=O) groups is 1. The molecular weight excluding hydrogens is 659 g/mol. The maximum absolute atomic E-state index is 17.4. The van der Waals surface area contributed by atoms with Crippen molar-refractivity contribution in [3.63, 3.8) is 0 Å². The van der Waals surface area contributed by atoms with Crippen molar-refractivity contribution in [1.29, 1.82) is 0 Å². The highest BCUT2D eigenvalue weighted by atomic mass is 35.5. The predicted molar refractivity (Wildman–Crippen MR) is 171 cm³/mol. The molecule has 2 atom stereocenters. The Bertz CT molecular complexity index is 2210. The minimum Gasteiger partial charge on any atom is -0.507 e. The molecule has 2 aromatic heterocycles. The van der Waals surface area contributed by atoms with E-state index < -0.39 is 89.0 Å². The zero-order valence-electron chi connectivity index (χ0n) is 25.7. The average molecular weight is 688 g/mol. The summed E-state index contributed by atoms with van der Waals surface area (Å²) in [6.45, 7) is 10.4. The summed E-state index contributed by atoms with van der Waals surface area (Å²) in [6, 6.07) is 1.38. The number of sulfone groups is 1. The fourth-order valence-corrected chi connectivity index (χ4v) is 9.12. The van der Waals surface area contributed by atoms with Gasteiger partial charge in [-0.15, -0.1) is 0 Å². The summed E-state index contributed by atoms with van der Waals surface area (Å²) >= 11 is 6.73. The molecule has 15 heteroatoms. The van der Waals surface area contributed by atoms with Gasteiger partial charge in [-0.25, -0.2) is 26.4 Å². The number of aromatic nitrogens is 3. The lowest BCUT2D eigenvalue weighted by atomic mass is 9.98. The van der Waals surface area contributed by atoms with Crippen molar-refractivity contribution in [3.8, 4) is 22.6 Å². The number of halogens is 4. The molecular formula is C32H29ClF3N5O5S. The van der Waals surface area contributed by atoms with E-state index in [0.717, 1.165) is 16.7 Å². The molecule has 246 valence electrons. The van der Waals surface area contributed by atoms with Gasteiger partial charge in [0.2, 0.25) is 5.91 Å². The number of pyridine rings is 1. The first-order chi connectivity index (χ1) is 22.1. The summed E-state index contributed by atoms with van der Waals surface area (Å²) in [5, 5.41) is 9.50. The fourth-order valence-electron chi connectivity index (χ4n) is 6.68. The Kier molecular flexibility index (Phi) is 7.87. The first-order valence-electron chi connectivity index (χ1n) is 14.6. The number of aromatic hydroxyl groups is 1. The highest BCUT2D eigenvalue weighted by Gasteiger charge is 2.45. The van der Waals surface area contributed by atoms with Crippen LogP contribution < -0.4 is 10.6 Å². The second kappa shape index (κ2) is 11.4. The van der Waals surface area contributed by atoms with Gasteiger partial charge in [0.15, 0.2) is 27.3 Å². The van der Waals surface area contributed by atoms with Crippen molar-refractivity contribution >= 4 is 44.1 Å². The highest BCUT2D eigenvalue weighted by molar-refractivity contribution is 7.91. The average Bonchev–Trinajstić information content (AvgIpc) is 3.09. The Morgan fingerprint density at radius 3 is 2.51 bits per heavy atom. The van der Waals surface area contributed by atoms with Crippen LogP contribution in [0.1, 0.15) is 37.9 Å². The summed E-state index contributed by atoms with van der Waals surface area (Å²) in [6.07, 6.45) is 2.60. The van der Waals surface area contributed by atoms with Gasteiger partial charge in [-0.3, -0.25) is 14.3 Å². The van der Waals surface area contributed by atoms with E-state index in [9.17, 15) is 27.5 Å². The summed E-state index contributed by atoms with van der Waals surface area (Å²) in [5.74, 6) is -7.09. The molecule has 0 aliphatic carbocycles. The smallest absolute Gasteiger partial charge is 0.354 e. The number of amides is 1. The van der Waals surface area contributed by atoms with Crippen molar-refractivity contribution in [1.82, 2.24) is 19.4 Å². The molecule has 0 saturated carbocycles. The van der Waals surface area contributed by atoms with Gasteiger partial charge >= 0.3 is 5.69 Å². The fraction of sp³-hybridized carbons (Fsp3) is 0.312. The number of phenols is 1. The van der Waals surface area contributed by atoms with Crippen LogP contribution in [0.15, 0.2) is 46.7 Å². The number of phenolic OH excluding ortho intramolecular Hbond substituents is 1. The van der Waals surface area contributed by atoms with E-state index >= 15 is 8.78 Å². The van der Waals surface area contributed by atoms with Gasteiger partial charge in [0.1, 0.15) is 11.6 Å². The molecule has 2 aliphatic rings. The van der Waals surface area contributed by atoms with Crippen molar-refractivity contribution in [2.24, 2.45) is 0 Å². The van der Waals surface area contributed by atoms with Gasteiger partial charge in [0, 0.05) is 30.9 Å². The SMILES string of the molecule is C=CC(=O)N1CC(C)N2c3nc(=O)n(-c4c(C)ccnc4C(C)C)c4c(F)c(-c5c(O)ccc(F)c5F)c(Cl)c(c34)S(=O)(=O)CC2C1. The summed E-state index contributed by atoms with van der Waals surface area (Å²) in [4.78, 5) is 37.9. The molecule has 1 N–H and O–H groups in total. The Morgan fingerprint density at radius 1 is 1.15 bits per heavy atom. The lowest BCUT2D eigenvalue weighted by Gasteiger charge is -2.45. The Hall–Kier alpha value is -4.43. The number of rotatable bonds is 4. The van der Waals surface area contributed by atoms with E-state index in [1.807, 2.05) is 0 Å². The number of benzene rings is 2. The van der Waals surface area contributed by atoms with Gasteiger partial charge < -0.3 is 14.9 Å². The van der Waals surface area contributed by atoms with E-state index in [4.69, 9.17) is 11.6 Å². The van der Waals surface area contributed by atoms with Crippen LogP contribution in [0.25, 0.3) is 27.7 Å². The zero-order chi connectivity index (χ0) is 34.3. The quantitative estimate of drug-likeness (QED) is 0.234. The lowest BCUT2D eigenvalue weighted by molar-refractivity contribution is -0.127. The highest BCUT2D eigenvalue weighted by Crippen LogP contribution is 2.49. The molecule has 1 fully saturated rings. The number of piperazine rings is 1. The van der Waals surface area contributed by atoms with Gasteiger partial charge in [0.05, 0.1) is 49.6 Å². The molecule has 0 bridgehead atoms. The van der Waals surface area contributed by atoms with E-state index in [1.54, 1.807) is 38.7 Å². The molecule has 1 amide bonds. The van der Waals surface area contributed by atoms with Crippen LogP contribution in [-0.2, 0) is 14.6 Å². The molecule has 1 saturated heterocycles. The van der Waals surface area contributed by atoms with E-state index in [2.05, 4.69) is 16.5 Å². The third-order valence-corrected chi connectivity index (χ3v) is 11.0. The summed E-state index contributed by atoms with van der Waals surface area (Å²) in [7, 11) is -4.57. The van der Waals surface area contributed by atoms with E-state index in [0.29, 0.717) is 17.3 Å². The minimum atomic E-state index is -4.57. The number of nitrogens with zero attached hydrogens (tertiary/aromatic N) is 5. The predicted octanol–water partition coefficient (Wildman–Crippen LogP) is 5.03. The molecule has 2 aliphatic heterocycles. The first-order valence-corrected chi connectivity index (χ1v) is 16.7. The van der Waals surface area contributed by atoms with Crippen molar-refractivity contribution in [2.45, 2.75) is 50.6 Å². The summed E-state index contributed by atoms with van der Waals surface area (Å²) < 4.78 is 77.1. The topological polar surface area (TPSA) is 126 Å². The van der Waals surface area contributed by atoms with Crippen LogP contribution in [0, 0.1) is 24.4 Å². The second-order valence-corrected chi connectivity index (χ2v) is 14.4. The Balaban J connectivity index is 1.86. The number of fused-ring (bicyclic) bond motifs is 2. The van der Waals surface area contributed by atoms with Crippen molar-refractivity contribution in [2.75, 3.05) is 23.7 Å². The van der Waals surface area contributed by atoms with Crippen molar-refractivity contribution < 1.29 is 31.5 Å². The van der Waals surface area contributed by atoms with E-state index in [1.165, 1.54) is 11.1 Å². The second-order valence-electron chi connectivity index (χ2n) is 12.0. The lowest BCUT2D eigenvalue weighted by Crippen LogP contribution is -2.61. The van der Waals surface area contributed by atoms with Gasteiger partial charge in [-0.2, -0.15) is 4.98 Å². The first kappa shape index (κ1) is 32.5. The van der Waals surface area contributed by atoms with Crippen molar-refractivity contribution in [3.05, 3.63) is 81.3 Å². The molecule has 0 radical (unpaired) electrons. The number of aryl methyl sites for hydroxylation is 1. The third kappa shape index (κ3) is 4.87. The molecule has 4 aromatic rings. The number of hydrogen-bond donors (Lipinski definition) is 1. The molecule has 2 unspecified atom stereocenters. The van der Waals surface area contributed by atoms with Crippen LogP contribution in [0.2, 0.25) is 5.02 Å². The molecule has 10 nitrogen and oxygen atoms in total. The largest absolute Gasteiger partial charge is 0.507 e. The minimum absolute atomic E-state index is 0.0961. The Morgan fingerprint density at radius 2 is 1.85 bits per heavy atom. The number of anilines is 1. The Labute approximate surface area is 272 Å². The zero-order valence-corrected chi connectivity index (χ0v) is 27.3. The van der Waals surface area contributed by atoms with Crippen LogP contribution in [0.3, 0.4) is 0 Å². The van der Waals surface area contributed by atoms with Crippen LogP contribution in [0.5, 0.6) is 5.75 Å². The molecule has 2 aromatic carbocycles.